The van der Waals surface area contributed by atoms with Gasteiger partial charge in [-0.3, -0.25) is 10.1 Å². The highest BCUT2D eigenvalue weighted by Gasteiger charge is 2.32. The Hall–Kier alpha value is -2.32. The molecule has 0 aliphatic rings. The first-order valence-corrected chi connectivity index (χ1v) is 5.99. The summed E-state index contributed by atoms with van der Waals surface area (Å²) in [4.78, 5) is 21.8. The number of nitro benzene ring substituents is 1. The summed E-state index contributed by atoms with van der Waals surface area (Å²) in [5.74, 6) is -1.52. The Morgan fingerprint density at radius 1 is 1.43 bits per heavy atom. The summed E-state index contributed by atoms with van der Waals surface area (Å²) < 4.78 is 37.7. The third-order valence-electron chi connectivity index (χ3n) is 2.63. The van der Waals surface area contributed by atoms with Gasteiger partial charge in [0.05, 0.1) is 16.2 Å². The summed E-state index contributed by atoms with van der Waals surface area (Å²) in [7, 11) is 0. The lowest BCUT2D eigenvalue weighted by atomic mass is 10.1. The first-order valence-electron chi connectivity index (χ1n) is 5.99. The van der Waals surface area contributed by atoms with Crippen molar-refractivity contribution in [2.24, 2.45) is 0 Å². The number of benzene rings is 1. The smallest absolute Gasteiger partial charge is 0.405 e. The molecule has 0 aliphatic carbocycles. The summed E-state index contributed by atoms with van der Waals surface area (Å²) in [5, 5.41) is 19.7. The predicted octanol–water partition coefficient (Wildman–Crippen LogP) is 3.07. The minimum atomic E-state index is -4.51. The Labute approximate surface area is 117 Å². The van der Waals surface area contributed by atoms with Crippen LogP contribution in [0.5, 0.6) is 0 Å². The van der Waals surface area contributed by atoms with E-state index in [9.17, 15) is 28.1 Å². The average molecular weight is 306 g/mol. The van der Waals surface area contributed by atoms with Gasteiger partial charge in [-0.2, -0.15) is 13.2 Å². The maximum atomic E-state index is 12.6. The highest BCUT2D eigenvalue weighted by Crippen LogP contribution is 2.28. The van der Waals surface area contributed by atoms with Gasteiger partial charge >= 0.3 is 12.1 Å². The van der Waals surface area contributed by atoms with Crippen LogP contribution in [0.1, 0.15) is 23.7 Å². The predicted molar refractivity (Wildman–Crippen MR) is 68.6 cm³/mol. The van der Waals surface area contributed by atoms with Crippen LogP contribution in [0.3, 0.4) is 0 Å². The molecule has 21 heavy (non-hydrogen) atoms. The van der Waals surface area contributed by atoms with Crippen molar-refractivity contribution in [3.8, 4) is 0 Å². The number of hydrogen-bond donors (Lipinski definition) is 1. The molecular formula is C12H13F3N2O4. The Balaban J connectivity index is 3.29. The average Bonchev–Trinajstić information content (AvgIpc) is 2.35. The standard InChI is InChI=1S/C12H13F3N2O4/c1-2-5-16(7-12(13,14)15)10-4-3-8(17(20)21)6-9(10)11(18)19/h3-4,6H,2,5,7H2,1H3,(H,18,19). The fraction of sp³-hybridized carbons (Fsp3) is 0.417. The summed E-state index contributed by atoms with van der Waals surface area (Å²) in [6.07, 6.45) is -4.14. The number of halogens is 3. The maximum absolute atomic E-state index is 12.6. The van der Waals surface area contributed by atoms with Gasteiger partial charge in [0.15, 0.2) is 0 Å². The van der Waals surface area contributed by atoms with Crippen LogP contribution >= 0.6 is 0 Å². The van der Waals surface area contributed by atoms with Gasteiger partial charge in [-0.25, -0.2) is 4.79 Å². The van der Waals surface area contributed by atoms with E-state index in [1.807, 2.05) is 0 Å². The molecule has 0 saturated heterocycles. The zero-order chi connectivity index (χ0) is 16.2. The monoisotopic (exact) mass is 306 g/mol. The molecule has 0 aromatic heterocycles. The van der Waals surface area contributed by atoms with Gasteiger partial charge in [0.2, 0.25) is 0 Å². The molecule has 0 atom stereocenters. The van der Waals surface area contributed by atoms with Crippen LogP contribution < -0.4 is 4.90 Å². The van der Waals surface area contributed by atoms with Gasteiger partial charge in [0, 0.05) is 18.7 Å². The van der Waals surface area contributed by atoms with Crippen molar-refractivity contribution in [2.75, 3.05) is 18.0 Å². The van der Waals surface area contributed by atoms with Crippen LogP contribution in [0.15, 0.2) is 18.2 Å². The van der Waals surface area contributed by atoms with Crippen molar-refractivity contribution in [2.45, 2.75) is 19.5 Å². The summed E-state index contributed by atoms with van der Waals surface area (Å²) in [6.45, 7) is 0.311. The molecule has 6 nitrogen and oxygen atoms in total. The number of carboxylic acid groups (broad SMARTS) is 1. The first kappa shape index (κ1) is 16.7. The van der Waals surface area contributed by atoms with E-state index < -0.39 is 34.9 Å². The van der Waals surface area contributed by atoms with Crippen LogP contribution in [0.25, 0.3) is 0 Å². The van der Waals surface area contributed by atoms with Gasteiger partial charge in [0.1, 0.15) is 6.54 Å². The highest BCUT2D eigenvalue weighted by molar-refractivity contribution is 5.95. The van der Waals surface area contributed by atoms with Crippen LogP contribution in [0.2, 0.25) is 0 Å². The number of aromatic carboxylic acids is 1. The lowest BCUT2D eigenvalue weighted by Crippen LogP contribution is -2.35. The number of non-ortho nitro benzene ring substituents is 1. The van der Waals surface area contributed by atoms with E-state index in [1.165, 1.54) is 0 Å². The summed E-state index contributed by atoms with van der Waals surface area (Å²) in [5.41, 5.74) is -1.20. The molecule has 0 heterocycles. The third-order valence-corrected chi connectivity index (χ3v) is 2.63. The van der Waals surface area contributed by atoms with Crippen molar-refractivity contribution < 1.29 is 28.0 Å². The fourth-order valence-corrected chi connectivity index (χ4v) is 1.86. The van der Waals surface area contributed by atoms with E-state index in [-0.39, 0.29) is 12.2 Å². The zero-order valence-corrected chi connectivity index (χ0v) is 11.1. The molecule has 0 amide bonds. The van der Waals surface area contributed by atoms with E-state index in [0.717, 1.165) is 23.1 Å². The van der Waals surface area contributed by atoms with E-state index in [1.54, 1.807) is 6.92 Å². The van der Waals surface area contributed by atoms with Gasteiger partial charge in [-0.05, 0) is 12.5 Å². The number of rotatable bonds is 6. The number of anilines is 1. The topological polar surface area (TPSA) is 83.7 Å². The maximum Gasteiger partial charge on any atom is 0.405 e. The second kappa shape index (κ2) is 6.42. The number of hydrogen-bond acceptors (Lipinski definition) is 4. The van der Waals surface area contributed by atoms with Crippen LogP contribution in [-0.4, -0.2) is 35.3 Å². The van der Waals surface area contributed by atoms with Gasteiger partial charge in [0.25, 0.3) is 5.69 Å². The molecule has 1 aromatic carbocycles. The largest absolute Gasteiger partial charge is 0.478 e. The van der Waals surface area contributed by atoms with Crippen LogP contribution in [-0.2, 0) is 0 Å². The number of carboxylic acids is 1. The molecule has 0 fully saturated rings. The molecular weight excluding hydrogens is 293 g/mol. The van der Waals surface area contributed by atoms with Crippen molar-refractivity contribution in [3.05, 3.63) is 33.9 Å². The molecule has 1 N–H and O–H groups in total. The van der Waals surface area contributed by atoms with E-state index in [2.05, 4.69) is 0 Å². The number of carbonyl (C=O) groups is 1. The molecule has 9 heteroatoms. The quantitative estimate of drug-likeness (QED) is 0.645. The Morgan fingerprint density at radius 2 is 2.05 bits per heavy atom. The number of nitrogens with zero attached hydrogens (tertiary/aromatic N) is 2. The molecule has 0 aliphatic heterocycles. The number of alkyl halides is 3. The molecule has 0 bridgehead atoms. The molecule has 116 valence electrons. The second-order valence-electron chi connectivity index (χ2n) is 4.30. The molecule has 1 aromatic rings. The van der Waals surface area contributed by atoms with Crippen LogP contribution in [0.4, 0.5) is 24.5 Å². The fourth-order valence-electron chi connectivity index (χ4n) is 1.86. The van der Waals surface area contributed by atoms with Crippen molar-refractivity contribution >= 4 is 17.3 Å². The lowest BCUT2D eigenvalue weighted by Gasteiger charge is -2.26. The van der Waals surface area contributed by atoms with Crippen LogP contribution in [0, 0.1) is 10.1 Å². The highest BCUT2D eigenvalue weighted by atomic mass is 19.4. The minimum absolute atomic E-state index is 0.0163. The zero-order valence-electron chi connectivity index (χ0n) is 11.1. The van der Waals surface area contributed by atoms with Crippen molar-refractivity contribution in [3.63, 3.8) is 0 Å². The van der Waals surface area contributed by atoms with E-state index >= 15 is 0 Å². The molecule has 0 radical (unpaired) electrons. The lowest BCUT2D eigenvalue weighted by molar-refractivity contribution is -0.384. The van der Waals surface area contributed by atoms with Gasteiger partial charge in [-0.15, -0.1) is 0 Å². The summed E-state index contributed by atoms with van der Waals surface area (Å²) in [6, 6.07) is 2.78. The Morgan fingerprint density at radius 3 is 2.48 bits per heavy atom. The molecule has 0 spiro atoms. The Bertz CT molecular complexity index is 546. The third kappa shape index (κ3) is 4.62. The van der Waals surface area contributed by atoms with Crippen molar-refractivity contribution in [1.82, 2.24) is 0 Å². The first-order chi connectivity index (χ1) is 9.65. The van der Waals surface area contributed by atoms with Gasteiger partial charge < -0.3 is 10.0 Å². The van der Waals surface area contributed by atoms with Gasteiger partial charge in [-0.1, -0.05) is 6.92 Å². The Kier molecular flexibility index (Phi) is 5.12. The molecule has 0 unspecified atom stereocenters. The summed E-state index contributed by atoms with van der Waals surface area (Å²) >= 11 is 0. The van der Waals surface area contributed by atoms with E-state index in [4.69, 9.17) is 5.11 Å². The second-order valence-corrected chi connectivity index (χ2v) is 4.30. The van der Waals surface area contributed by atoms with E-state index in [0.29, 0.717) is 6.42 Å². The molecule has 0 saturated carbocycles. The molecule has 1 rings (SSSR count). The normalized spacial score (nSPS) is 11.2. The number of nitro groups is 1. The van der Waals surface area contributed by atoms with Crippen molar-refractivity contribution in [1.29, 1.82) is 0 Å². The SMILES string of the molecule is CCCN(CC(F)(F)F)c1ccc([N+](=O)[O-])cc1C(=O)O. The minimum Gasteiger partial charge on any atom is -0.478 e.